The number of pyridine rings is 1. The van der Waals surface area contributed by atoms with E-state index in [0.29, 0.717) is 12.1 Å². The summed E-state index contributed by atoms with van der Waals surface area (Å²) in [6.45, 7) is 2.06. The van der Waals surface area contributed by atoms with Crippen molar-refractivity contribution >= 4 is 5.69 Å². The molecule has 0 radical (unpaired) electrons. The lowest BCUT2D eigenvalue weighted by Crippen LogP contribution is -2.20. The van der Waals surface area contributed by atoms with Crippen molar-refractivity contribution in [3.63, 3.8) is 0 Å². The predicted molar refractivity (Wildman–Crippen MR) is 76.9 cm³/mol. The summed E-state index contributed by atoms with van der Waals surface area (Å²) >= 11 is 0. The molecule has 0 amide bonds. The van der Waals surface area contributed by atoms with Crippen molar-refractivity contribution in [2.24, 2.45) is 0 Å². The fourth-order valence-electron chi connectivity index (χ4n) is 2.12. The standard InChI is InChI=1S/C15H16N2O3/c1-12-10-15(18)16(11-14(12)17(19)20)9-5-8-13-6-3-2-4-7-13/h2-4,6-7,10-11H,5,8-9H2,1H3. The van der Waals surface area contributed by atoms with Gasteiger partial charge >= 0.3 is 0 Å². The molecule has 0 aliphatic carbocycles. The molecule has 1 aromatic heterocycles. The van der Waals surface area contributed by atoms with E-state index in [1.54, 1.807) is 6.92 Å². The minimum Gasteiger partial charge on any atom is -0.309 e. The molecule has 2 rings (SSSR count). The van der Waals surface area contributed by atoms with Crippen molar-refractivity contribution < 1.29 is 4.92 Å². The zero-order valence-corrected chi connectivity index (χ0v) is 11.3. The van der Waals surface area contributed by atoms with E-state index in [1.807, 2.05) is 30.3 Å². The van der Waals surface area contributed by atoms with Crippen LogP contribution in [0.4, 0.5) is 5.69 Å². The second kappa shape index (κ2) is 6.14. The number of hydrogen-bond acceptors (Lipinski definition) is 3. The van der Waals surface area contributed by atoms with Crippen LogP contribution in [-0.2, 0) is 13.0 Å². The Morgan fingerprint density at radius 2 is 1.95 bits per heavy atom. The first-order valence-corrected chi connectivity index (χ1v) is 6.47. The van der Waals surface area contributed by atoms with Gasteiger partial charge in [0.15, 0.2) is 0 Å². The number of rotatable bonds is 5. The van der Waals surface area contributed by atoms with Crippen LogP contribution in [0.1, 0.15) is 17.5 Å². The van der Waals surface area contributed by atoms with Gasteiger partial charge in [-0.25, -0.2) is 0 Å². The maximum atomic E-state index is 11.8. The van der Waals surface area contributed by atoms with Crippen molar-refractivity contribution in [1.29, 1.82) is 0 Å². The number of aromatic nitrogens is 1. The Bertz CT molecular complexity index is 663. The maximum absolute atomic E-state index is 11.8. The highest BCUT2D eigenvalue weighted by molar-refractivity contribution is 5.35. The van der Waals surface area contributed by atoms with E-state index >= 15 is 0 Å². The maximum Gasteiger partial charge on any atom is 0.288 e. The van der Waals surface area contributed by atoms with E-state index in [9.17, 15) is 14.9 Å². The van der Waals surface area contributed by atoms with Crippen molar-refractivity contribution in [2.75, 3.05) is 0 Å². The molecule has 20 heavy (non-hydrogen) atoms. The molecule has 0 N–H and O–H groups in total. The van der Waals surface area contributed by atoms with Crippen LogP contribution in [0.5, 0.6) is 0 Å². The summed E-state index contributed by atoms with van der Waals surface area (Å²) in [6, 6.07) is 11.3. The molecule has 5 heteroatoms. The zero-order valence-electron chi connectivity index (χ0n) is 11.3. The minimum absolute atomic E-state index is 0.00990. The lowest BCUT2D eigenvalue weighted by atomic mass is 10.1. The van der Waals surface area contributed by atoms with Gasteiger partial charge in [0.1, 0.15) is 0 Å². The smallest absolute Gasteiger partial charge is 0.288 e. The average molecular weight is 272 g/mol. The Morgan fingerprint density at radius 1 is 1.25 bits per heavy atom. The van der Waals surface area contributed by atoms with Crippen molar-refractivity contribution in [2.45, 2.75) is 26.3 Å². The van der Waals surface area contributed by atoms with Crippen LogP contribution in [0.3, 0.4) is 0 Å². The minimum atomic E-state index is -0.456. The molecular weight excluding hydrogens is 256 g/mol. The second-order valence-electron chi connectivity index (χ2n) is 4.72. The Labute approximate surface area is 116 Å². The van der Waals surface area contributed by atoms with E-state index < -0.39 is 4.92 Å². The number of hydrogen-bond donors (Lipinski definition) is 0. The molecule has 0 spiro atoms. The first-order valence-electron chi connectivity index (χ1n) is 6.47. The van der Waals surface area contributed by atoms with E-state index in [0.717, 1.165) is 12.8 Å². The predicted octanol–water partition coefficient (Wildman–Crippen LogP) is 2.70. The highest BCUT2D eigenvalue weighted by Gasteiger charge is 2.12. The summed E-state index contributed by atoms with van der Waals surface area (Å²) in [5, 5.41) is 10.9. The summed E-state index contributed by atoms with van der Waals surface area (Å²) in [7, 11) is 0. The van der Waals surface area contributed by atoms with Crippen molar-refractivity contribution in [1.82, 2.24) is 4.57 Å². The molecular formula is C15H16N2O3. The lowest BCUT2D eigenvalue weighted by molar-refractivity contribution is -0.385. The van der Waals surface area contributed by atoms with Gasteiger partial charge in [-0.1, -0.05) is 30.3 Å². The molecule has 0 saturated heterocycles. The first-order chi connectivity index (χ1) is 9.58. The van der Waals surface area contributed by atoms with Crippen molar-refractivity contribution in [3.05, 3.63) is 74.2 Å². The topological polar surface area (TPSA) is 65.1 Å². The molecule has 2 aromatic rings. The summed E-state index contributed by atoms with van der Waals surface area (Å²) in [6.07, 6.45) is 2.95. The van der Waals surface area contributed by atoms with Crippen LogP contribution in [0.2, 0.25) is 0 Å². The van der Waals surface area contributed by atoms with Gasteiger partial charge in [-0.3, -0.25) is 14.9 Å². The molecule has 104 valence electrons. The molecule has 1 heterocycles. The van der Waals surface area contributed by atoms with Gasteiger partial charge in [0.2, 0.25) is 0 Å². The lowest BCUT2D eigenvalue weighted by Gasteiger charge is -2.06. The van der Waals surface area contributed by atoms with E-state index in [2.05, 4.69) is 0 Å². The molecule has 0 fully saturated rings. The number of nitrogens with zero attached hydrogens (tertiary/aromatic N) is 2. The van der Waals surface area contributed by atoms with Crippen LogP contribution in [-0.4, -0.2) is 9.49 Å². The van der Waals surface area contributed by atoms with Gasteiger partial charge in [0, 0.05) is 18.2 Å². The number of nitro groups is 1. The zero-order chi connectivity index (χ0) is 14.5. The summed E-state index contributed by atoms with van der Waals surface area (Å²) in [5.74, 6) is 0. The molecule has 0 saturated carbocycles. The molecule has 0 unspecified atom stereocenters. The molecule has 0 aliphatic heterocycles. The largest absolute Gasteiger partial charge is 0.309 e. The van der Waals surface area contributed by atoms with Crippen LogP contribution in [0.15, 0.2) is 47.4 Å². The first kappa shape index (κ1) is 14.0. The van der Waals surface area contributed by atoms with Crippen LogP contribution in [0.25, 0.3) is 0 Å². The van der Waals surface area contributed by atoms with Gasteiger partial charge in [-0.05, 0) is 25.3 Å². The van der Waals surface area contributed by atoms with Crippen LogP contribution < -0.4 is 5.56 Å². The summed E-state index contributed by atoms with van der Waals surface area (Å²) in [5.41, 5.74) is 1.40. The highest BCUT2D eigenvalue weighted by atomic mass is 16.6. The Balaban J connectivity index is 2.08. The SMILES string of the molecule is Cc1cc(=O)n(CCCc2ccccc2)cc1[N+](=O)[O-]. The molecule has 0 aliphatic rings. The summed E-state index contributed by atoms with van der Waals surface area (Å²) < 4.78 is 1.41. The number of benzene rings is 1. The summed E-state index contributed by atoms with van der Waals surface area (Å²) in [4.78, 5) is 22.2. The molecule has 1 aromatic carbocycles. The Morgan fingerprint density at radius 3 is 2.60 bits per heavy atom. The highest BCUT2D eigenvalue weighted by Crippen LogP contribution is 2.14. The third-order valence-corrected chi connectivity index (χ3v) is 3.21. The van der Waals surface area contributed by atoms with E-state index in [1.165, 1.54) is 22.4 Å². The van der Waals surface area contributed by atoms with Gasteiger partial charge in [-0.15, -0.1) is 0 Å². The second-order valence-corrected chi connectivity index (χ2v) is 4.72. The van der Waals surface area contributed by atoms with Gasteiger partial charge in [0.05, 0.1) is 11.1 Å². The monoisotopic (exact) mass is 272 g/mol. The van der Waals surface area contributed by atoms with Crippen molar-refractivity contribution in [3.8, 4) is 0 Å². The molecule has 0 atom stereocenters. The van der Waals surface area contributed by atoms with Gasteiger partial charge in [0.25, 0.3) is 11.2 Å². The quantitative estimate of drug-likeness (QED) is 0.621. The molecule has 0 bridgehead atoms. The number of aryl methyl sites for hydroxylation is 3. The third kappa shape index (κ3) is 3.32. The Hall–Kier alpha value is -2.43. The average Bonchev–Trinajstić information content (AvgIpc) is 2.42. The van der Waals surface area contributed by atoms with Gasteiger partial charge < -0.3 is 4.57 Å². The fourth-order valence-corrected chi connectivity index (χ4v) is 2.12. The van der Waals surface area contributed by atoms with Crippen LogP contribution >= 0.6 is 0 Å². The fraction of sp³-hybridized carbons (Fsp3) is 0.267. The van der Waals surface area contributed by atoms with Crippen LogP contribution in [0, 0.1) is 17.0 Å². The molecule has 5 nitrogen and oxygen atoms in total. The Kier molecular flexibility index (Phi) is 4.30. The van der Waals surface area contributed by atoms with E-state index in [4.69, 9.17) is 0 Å². The van der Waals surface area contributed by atoms with Gasteiger partial charge in [-0.2, -0.15) is 0 Å². The van der Waals surface area contributed by atoms with E-state index in [-0.39, 0.29) is 11.2 Å². The normalized spacial score (nSPS) is 10.4. The third-order valence-electron chi connectivity index (χ3n) is 3.21.